The largest absolute Gasteiger partial charge is 0.348 e. The molecule has 1 fully saturated rings. The van der Waals surface area contributed by atoms with Crippen molar-refractivity contribution in [3.63, 3.8) is 0 Å². The zero-order valence-electron chi connectivity index (χ0n) is 15.9. The van der Waals surface area contributed by atoms with E-state index in [0.29, 0.717) is 0 Å². The van der Waals surface area contributed by atoms with Crippen LogP contribution in [0.25, 0.3) is 0 Å². The molecular weight excluding hydrogens is 343 g/mol. The molecule has 1 aromatic heterocycles. The van der Waals surface area contributed by atoms with Crippen LogP contribution in [0.1, 0.15) is 31.0 Å². The second-order valence-corrected chi connectivity index (χ2v) is 7.13. The van der Waals surface area contributed by atoms with E-state index in [1.165, 1.54) is 17.7 Å². The Bertz CT molecular complexity index is 730. The number of halogens is 1. The molecule has 0 radical (unpaired) electrons. The Morgan fingerprint density at radius 3 is 2.48 bits per heavy atom. The van der Waals surface area contributed by atoms with Crippen LogP contribution in [0, 0.1) is 5.82 Å². The molecule has 1 aliphatic heterocycles. The van der Waals surface area contributed by atoms with Crippen LogP contribution in [0.2, 0.25) is 0 Å². The first-order chi connectivity index (χ1) is 13.0. The van der Waals surface area contributed by atoms with Gasteiger partial charge < -0.3 is 5.32 Å². The van der Waals surface area contributed by atoms with E-state index in [2.05, 4.69) is 26.2 Å². The van der Waals surface area contributed by atoms with Crippen LogP contribution in [-0.2, 0) is 11.3 Å². The predicted molar refractivity (Wildman–Crippen MR) is 104 cm³/mol. The van der Waals surface area contributed by atoms with E-state index in [0.717, 1.165) is 38.3 Å². The molecule has 5 nitrogen and oxygen atoms in total. The van der Waals surface area contributed by atoms with Gasteiger partial charge in [0.1, 0.15) is 5.82 Å². The Kier molecular flexibility index (Phi) is 6.53. The number of hydrogen-bond acceptors (Lipinski definition) is 4. The van der Waals surface area contributed by atoms with Gasteiger partial charge in [0, 0.05) is 45.1 Å². The smallest absolute Gasteiger partial charge is 0.237 e. The van der Waals surface area contributed by atoms with E-state index >= 15 is 0 Å². The number of nitrogens with zero attached hydrogens (tertiary/aromatic N) is 3. The highest BCUT2D eigenvalue weighted by molar-refractivity contribution is 5.81. The average Bonchev–Trinajstić information content (AvgIpc) is 2.69. The molecular formula is C21H27FN4O. The third-order valence-electron chi connectivity index (χ3n) is 5.19. The van der Waals surface area contributed by atoms with Gasteiger partial charge in [-0.2, -0.15) is 0 Å². The maximum absolute atomic E-state index is 13.1. The molecule has 1 aliphatic rings. The highest BCUT2D eigenvalue weighted by Gasteiger charge is 2.26. The normalized spacial score (nSPS) is 18.0. The fourth-order valence-corrected chi connectivity index (χ4v) is 3.39. The molecule has 1 amide bonds. The SMILES string of the molecule is CC(NC(=O)C(C)N1CCN(Cc2cccnc2)CC1)c1ccc(F)cc1. The van der Waals surface area contributed by atoms with Crippen LogP contribution < -0.4 is 5.32 Å². The molecule has 0 saturated carbocycles. The molecule has 144 valence electrons. The van der Waals surface area contributed by atoms with Gasteiger partial charge in [-0.05, 0) is 43.2 Å². The number of piperazine rings is 1. The Morgan fingerprint density at radius 1 is 1.15 bits per heavy atom. The molecule has 1 N–H and O–H groups in total. The molecule has 1 saturated heterocycles. The number of nitrogens with one attached hydrogen (secondary N) is 1. The molecule has 3 rings (SSSR count). The molecule has 2 atom stereocenters. The summed E-state index contributed by atoms with van der Waals surface area (Å²) in [6.07, 6.45) is 3.69. The van der Waals surface area contributed by atoms with Gasteiger partial charge >= 0.3 is 0 Å². The topological polar surface area (TPSA) is 48.5 Å². The lowest BCUT2D eigenvalue weighted by Crippen LogP contribution is -2.53. The first-order valence-electron chi connectivity index (χ1n) is 9.44. The molecule has 0 bridgehead atoms. The fourth-order valence-electron chi connectivity index (χ4n) is 3.39. The van der Waals surface area contributed by atoms with Gasteiger partial charge in [0.2, 0.25) is 5.91 Å². The number of pyridine rings is 1. The molecule has 27 heavy (non-hydrogen) atoms. The number of carbonyl (C=O) groups excluding carboxylic acids is 1. The van der Waals surface area contributed by atoms with Crippen LogP contribution in [0.15, 0.2) is 48.8 Å². The average molecular weight is 370 g/mol. The van der Waals surface area contributed by atoms with Crippen molar-refractivity contribution < 1.29 is 9.18 Å². The van der Waals surface area contributed by atoms with Crippen LogP contribution in [0.3, 0.4) is 0 Å². The Hall–Kier alpha value is -2.31. The minimum Gasteiger partial charge on any atom is -0.348 e. The monoisotopic (exact) mass is 370 g/mol. The lowest BCUT2D eigenvalue weighted by molar-refractivity contribution is -0.127. The Balaban J connectivity index is 1.47. The van der Waals surface area contributed by atoms with Crippen molar-refractivity contribution in [1.29, 1.82) is 0 Å². The highest BCUT2D eigenvalue weighted by Crippen LogP contribution is 2.15. The van der Waals surface area contributed by atoms with Crippen LogP contribution >= 0.6 is 0 Å². The molecule has 0 spiro atoms. The summed E-state index contributed by atoms with van der Waals surface area (Å²) in [5.74, 6) is -0.262. The number of aromatic nitrogens is 1. The number of rotatable bonds is 6. The maximum Gasteiger partial charge on any atom is 0.237 e. The number of carbonyl (C=O) groups is 1. The minimum atomic E-state index is -0.269. The van der Waals surface area contributed by atoms with Gasteiger partial charge in [-0.3, -0.25) is 19.6 Å². The minimum absolute atomic E-state index is 0.00698. The lowest BCUT2D eigenvalue weighted by Gasteiger charge is -2.37. The van der Waals surface area contributed by atoms with E-state index in [4.69, 9.17) is 0 Å². The van der Waals surface area contributed by atoms with Gasteiger partial charge in [-0.1, -0.05) is 18.2 Å². The lowest BCUT2D eigenvalue weighted by atomic mass is 10.1. The fraction of sp³-hybridized carbons (Fsp3) is 0.429. The highest BCUT2D eigenvalue weighted by atomic mass is 19.1. The van der Waals surface area contributed by atoms with E-state index in [9.17, 15) is 9.18 Å². The zero-order chi connectivity index (χ0) is 19.2. The summed E-state index contributed by atoms with van der Waals surface area (Å²) in [6, 6.07) is 9.98. The van der Waals surface area contributed by atoms with Crippen molar-refractivity contribution in [1.82, 2.24) is 20.1 Å². The van der Waals surface area contributed by atoms with Crippen LogP contribution in [0.4, 0.5) is 4.39 Å². The van der Waals surface area contributed by atoms with Crippen molar-refractivity contribution in [3.05, 3.63) is 65.7 Å². The third-order valence-corrected chi connectivity index (χ3v) is 5.19. The number of hydrogen-bond donors (Lipinski definition) is 1. The van der Waals surface area contributed by atoms with Crippen molar-refractivity contribution in [2.75, 3.05) is 26.2 Å². The third kappa shape index (κ3) is 5.34. The van der Waals surface area contributed by atoms with Gasteiger partial charge in [-0.15, -0.1) is 0 Å². The van der Waals surface area contributed by atoms with Crippen LogP contribution in [0.5, 0.6) is 0 Å². The molecule has 6 heteroatoms. The van der Waals surface area contributed by atoms with Crippen molar-refractivity contribution in [3.8, 4) is 0 Å². The first kappa shape index (κ1) is 19.5. The molecule has 2 unspecified atom stereocenters. The molecule has 0 aliphatic carbocycles. The molecule has 1 aromatic carbocycles. The zero-order valence-corrected chi connectivity index (χ0v) is 15.9. The summed E-state index contributed by atoms with van der Waals surface area (Å²) >= 11 is 0. The maximum atomic E-state index is 13.1. The van der Waals surface area contributed by atoms with Crippen molar-refractivity contribution in [2.45, 2.75) is 32.5 Å². The summed E-state index contributed by atoms with van der Waals surface area (Å²) in [5, 5.41) is 3.04. The summed E-state index contributed by atoms with van der Waals surface area (Å²) in [7, 11) is 0. The summed E-state index contributed by atoms with van der Waals surface area (Å²) in [5.41, 5.74) is 2.11. The second kappa shape index (κ2) is 9.06. The van der Waals surface area contributed by atoms with E-state index in [-0.39, 0.29) is 23.8 Å². The predicted octanol–water partition coefficient (Wildman–Crippen LogP) is 2.60. The quantitative estimate of drug-likeness (QED) is 0.849. The number of benzene rings is 1. The Labute approximate surface area is 160 Å². The van der Waals surface area contributed by atoms with Crippen molar-refractivity contribution in [2.24, 2.45) is 0 Å². The van der Waals surface area contributed by atoms with E-state index in [1.807, 2.05) is 26.1 Å². The summed E-state index contributed by atoms with van der Waals surface area (Å²) < 4.78 is 13.1. The van der Waals surface area contributed by atoms with Gasteiger partial charge in [-0.25, -0.2) is 4.39 Å². The molecule has 2 aromatic rings. The van der Waals surface area contributed by atoms with Crippen molar-refractivity contribution >= 4 is 5.91 Å². The standard InChI is InChI=1S/C21H27FN4O/c1-16(19-5-7-20(22)8-6-19)24-21(27)17(2)26-12-10-25(11-13-26)15-18-4-3-9-23-14-18/h3-9,14,16-17H,10-13,15H2,1-2H3,(H,24,27). The van der Waals surface area contributed by atoms with Gasteiger partial charge in [0.05, 0.1) is 12.1 Å². The summed E-state index contributed by atoms with van der Waals surface area (Å²) in [4.78, 5) is 21.4. The van der Waals surface area contributed by atoms with E-state index < -0.39 is 0 Å². The number of amides is 1. The van der Waals surface area contributed by atoms with E-state index in [1.54, 1.807) is 18.3 Å². The van der Waals surface area contributed by atoms with Gasteiger partial charge in [0.25, 0.3) is 0 Å². The molecule has 2 heterocycles. The summed E-state index contributed by atoms with van der Waals surface area (Å²) in [6.45, 7) is 8.34. The van der Waals surface area contributed by atoms with Gasteiger partial charge in [0.15, 0.2) is 0 Å². The van der Waals surface area contributed by atoms with Crippen LogP contribution in [-0.4, -0.2) is 52.9 Å². The first-order valence-corrected chi connectivity index (χ1v) is 9.44. The second-order valence-electron chi connectivity index (χ2n) is 7.13. The Morgan fingerprint density at radius 2 is 1.85 bits per heavy atom.